The van der Waals surface area contributed by atoms with Gasteiger partial charge >= 0.3 is 6.18 Å². The van der Waals surface area contributed by atoms with Crippen LogP contribution in [-0.4, -0.2) is 33.9 Å². The van der Waals surface area contributed by atoms with Crippen LogP contribution in [0, 0.1) is 13.8 Å². The largest absolute Gasteiger partial charge is 0.449 e. The summed E-state index contributed by atoms with van der Waals surface area (Å²) < 4.78 is 39.0. The number of nitrogen functional groups attached to an aromatic ring is 1. The van der Waals surface area contributed by atoms with Gasteiger partial charge in [-0.3, -0.25) is 4.79 Å². The maximum absolute atomic E-state index is 13.0. The molecule has 0 bridgehead atoms. The summed E-state index contributed by atoms with van der Waals surface area (Å²) in [6.45, 7) is 4.50. The zero-order valence-electron chi connectivity index (χ0n) is 16.5. The van der Waals surface area contributed by atoms with Gasteiger partial charge in [-0.15, -0.1) is 0 Å². The van der Waals surface area contributed by atoms with E-state index in [1.54, 1.807) is 30.0 Å². The van der Waals surface area contributed by atoms with Gasteiger partial charge in [0.2, 0.25) is 5.82 Å². The third-order valence-corrected chi connectivity index (χ3v) is 5.47. The number of aromatic amines is 1. The Balaban J connectivity index is 1.55. The summed E-state index contributed by atoms with van der Waals surface area (Å²) in [6, 6.07) is 12.7. The Morgan fingerprint density at radius 1 is 1.13 bits per heavy atom. The SMILES string of the molecule is Cc1ccc(C(=O)N2CC(c3ccc(N)cc3)C2)cc1-c1nc(C(F)(F)F)[nH]c1C. The fourth-order valence-corrected chi connectivity index (χ4v) is 3.67. The second kappa shape index (κ2) is 7.19. The normalized spacial score (nSPS) is 14.6. The number of H-pyrrole nitrogens is 1. The molecule has 0 unspecified atom stereocenters. The maximum Gasteiger partial charge on any atom is 0.449 e. The number of alkyl halides is 3. The monoisotopic (exact) mass is 414 g/mol. The molecule has 0 atom stereocenters. The highest BCUT2D eigenvalue weighted by molar-refractivity contribution is 5.96. The number of carbonyl (C=O) groups excluding carboxylic acids is 1. The number of benzene rings is 2. The van der Waals surface area contributed by atoms with Crippen molar-refractivity contribution in [2.24, 2.45) is 0 Å². The average molecular weight is 414 g/mol. The molecule has 1 aliphatic heterocycles. The highest BCUT2D eigenvalue weighted by Crippen LogP contribution is 2.33. The summed E-state index contributed by atoms with van der Waals surface area (Å²) in [6.07, 6.45) is -4.56. The van der Waals surface area contributed by atoms with Crippen molar-refractivity contribution >= 4 is 11.6 Å². The number of halogens is 3. The van der Waals surface area contributed by atoms with E-state index in [4.69, 9.17) is 5.73 Å². The lowest BCUT2D eigenvalue weighted by Gasteiger charge is -2.39. The van der Waals surface area contributed by atoms with Crippen LogP contribution in [0.3, 0.4) is 0 Å². The minimum Gasteiger partial charge on any atom is -0.399 e. The number of likely N-dealkylation sites (tertiary alicyclic amines) is 1. The fraction of sp³-hybridized carbons (Fsp3) is 0.273. The maximum atomic E-state index is 13.0. The average Bonchev–Trinajstić information content (AvgIpc) is 3.04. The van der Waals surface area contributed by atoms with E-state index in [0.29, 0.717) is 35.6 Å². The van der Waals surface area contributed by atoms with Crippen LogP contribution >= 0.6 is 0 Å². The van der Waals surface area contributed by atoms with E-state index in [2.05, 4.69) is 9.97 Å². The predicted octanol–water partition coefficient (Wildman–Crippen LogP) is 4.53. The van der Waals surface area contributed by atoms with Crippen molar-refractivity contribution < 1.29 is 18.0 Å². The first-order chi connectivity index (χ1) is 14.1. The third kappa shape index (κ3) is 3.65. The Kier molecular flexibility index (Phi) is 4.80. The molecule has 0 saturated carbocycles. The van der Waals surface area contributed by atoms with Gasteiger partial charge < -0.3 is 15.6 Å². The van der Waals surface area contributed by atoms with Gasteiger partial charge in [0.15, 0.2) is 0 Å². The molecule has 1 saturated heterocycles. The van der Waals surface area contributed by atoms with E-state index in [1.165, 1.54) is 6.92 Å². The van der Waals surface area contributed by atoms with Crippen molar-refractivity contribution in [3.8, 4) is 11.3 Å². The Morgan fingerprint density at radius 3 is 2.40 bits per heavy atom. The van der Waals surface area contributed by atoms with Gasteiger partial charge in [0.25, 0.3) is 5.91 Å². The van der Waals surface area contributed by atoms with Gasteiger partial charge in [-0.25, -0.2) is 4.98 Å². The van der Waals surface area contributed by atoms with Gasteiger partial charge in [-0.1, -0.05) is 18.2 Å². The number of amides is 1. The van der Waals surface area contributed by atoms with E-state index in [9.17, 15) is 18.0 Å². The van der Waals surface area contributed by atoms with E-state index in [0.717, 1.165) is 11.1 Å². The highest BCUT2D eigenvalue weighted by atomic mass is 19.4. The number of carbonyl (C=O) groups is 1. The number of nitrogens with zero attached hydrogens (tertiary/aromatic N) is 2. The first kappa shape index (κ1) is 20.0. The zero-order chi connectivity index (χ0) is 21.6. The van der Waals surface area contributed by atoms with E-state index >= 15 is 0 Å². The van der Waals surface area contributed by atoms with Crippen molar-refractivity contribution in [3.63, 3.8) is 0 Å². The molecule has 1 amide bonds. The Morgan fingerprint density at radius 2 is 1.80 bits per heavy atom. The molecule has 0 radical (unpaired) electrons. The number of rotatable bonds is 3. The molecule has 1 aromatic heterocycles. The molecule has 1 aliphatic rings. The number of nitrogens with one attached hydrogen (secondary N) is 1. The van der Waals surface area contributed by atoms with Crippen LogP contribution in [0.5, 0.6) is 0 Å². The van der Waals surface area contributed by atoms with E-state index in [1.807, 2.05) is 24.3 Å². The van der Waals surface area contributed by atoms with E-state index < -0.39 is 12.0 Å². The minimum absolute atomic E-state index is 0.146. The predicted molar refractivity (Wildman–Crippen MR) is 108 cm³/mol. The van der Waals surface area contributed by atoms with Crippen molar-refractivity contribution in [2.45, 2.75) is 25.9 Å². The lowest BCUT2D eigenvalue weighted by atomic mass is 9.90. The van der Waals surface area contributed by atoms with Crippen LogP contribution in [0.15, 0.2) is 42.5 Å². The lowest BCUT2D eigenvalue weighted by Crippen LogP contribution is -2.48. The van der Waals surface area contributed by atoms with Crippen LogP contribution < -0.4 is 5.73 Å². The summed E-state index contributed by atoms with van der Waals surface area (Å²) in [5.41, 5.74) is 9.75. The molecule has 156 valence electrons. The second-order valence-electron chi connectivity index (χ2n) is 7.66. The van der Waals surface area contributed by atoms with Crippen molar-refractivity contribution in [1.29, 1.82) is 0 Å². The fourth-order valence-electron chi connectivity index (χ4n) is 3.67. The first-order valence-corrected chi connectivity index (χ1v) is 9.53. The minimum atomic E-state index is -4.56. The molecule has 8 heteroatoms. The second-order valence-corrected chi connectivity index (χ2v) is 7.66. The van der Waals surface area contributed by atoms with Crippen LogP contribution in [0.25, 0.3) is 11.3 Å². The highest BCUT2D eigenvalue weighted by Gasteiger charge is 2.36. The molecule has 1 fully saturated rings. The summed E-state index contributed by atoms with van der Waals surface area (Å²) in [5.74, 6) is -0.935. The molecule has 3 N–H and O–H groups in total. The van der Waals surface area contributed by atoms with Crippen molar-refractivity contribution in [1.82, 2.24) is 14.9 Å². The zero-order valence-corrected chi connectivity index (χ0v) is 16.5. The Bertz CT molecular complexity index is 1100. The van der Waals surface area contributed by atoms with Crippen LogP contribution in [-0.2, 0) is 6.18 Å². The van der Waals surface area contributed by atoms with Gasteiger partial charge in [-0.2, -0.15) is 13.2 Å². The number of aryl methyl sites for hydroxylation is 2. The summed E-state index contributed by atoms with van der Waals surface area (Å²) in [4.78, 5) is 20.7. The molecular weight excluding hydrogens is 393 g/mol. The number of imidazole rings is 1. The van der Waals surface area contributed by atoms with Crippen molar-refractivity contribution in [3.05, 3.63) is 70.7 Å². The van der Waals surface area contributed by atoms with Crippen molar-refractivity contribution in [2.75, 3.05) is 18.8 Å². The van der Waals surface area contributed by atoms with Gasteiger partial charge in [-0.05, 0) is 49.2 Å². The quantitative estimate of drug-likeness (QED) is 0.618. The van der Waals surface area contributed by atoms with Crippen LogP contribution in [0.2, 0.25) is 0 Å². The third-order valence-electron chi connectivity index (χ3n) is 5.47. The number of aromatic nitrogens is 2. The number of hydrogen-bond acceptors (Lipinski definition) is 3. The summed E-state index contributed by atoms with van der Waals surface area (Å²) >= 11 is 0. The van der Waals surface area contributed by atoms with E-state index in [-0.39, 0.29) is 17.5 Å². The molecule has 0 aliphatic carbocycles. The summed E-state index contributed by atoms with van der Waals surface area (Å²) in [7, 11) is 0. The molecule has 30 heavy (non-hydrogen) atoms. The molecular formula is C22H21F3N4O. The molecule has 3 aromatic rings. The molecule has 0 spiro atoms. The standard InChI is InChI=1S/C22H21F3N4O/c1-12-3-4-15(9-18(12)19-13(2)27-21(28-19)22(23,24)25)20(30)29-10-16(11-29)14-5-7-17(26)8-6-14/h3-9,16H,10-11,26H2,1-2H3,(H,27,28). The number of nitrogens with two attached hydrogens (primary N) is 1. The van der Waals surface area contributed by atoms with Crippen LogP contribution in [0.4, 0.5) is 18.9 Å². The molecule has 5 nitrogen and oxygen atoms in total. The Hall–Kier alpha value is -3.29. The first-order valence-electron chi connectivity index (χ1n) is 9.53. The molecule has 4 rings (SSSR count). The topological polar surface area (TPSA) is 75.0 Å². The Labute approximate surface area is 171 Å². The molecule has 2 aromatic carbocycles. The van der Waals surface area contributed by atoms with Gasteiger partial charge in [0.1, 0.15) is 0 Å². The number of anilines is 1. The van der Waals surface area contributed by atoms with Gasteiger partial charge in [0, 0.05) is 41.5 Å². The van der Waals surface area contributed by atoms with Crippen LogP contribution in [0.1, 0.15) is 38.9 Å². The number of hydrogen-bond donors (Lipinski definition) is 2. The summed E-state index contributed by atoms with van der Waals surface area (Å²) in [5, 5.41) is 0. The van der Waals surface area contributed by atoms with Gasteiger partial charge in [0.05, 0.1) is 5.69 Å². The molecule has 2 heterocycles. The smallest absolute Gasteiger partial charge is 0.399 e. The lowest BCUT2D eigenvalue weighted by molar-refractivity contribution is -0.144.